The van der Waals surface area contributed by atoms with Gasteiger partial charge in [-0.05, 0) is 56.9 Å². The maximum absolute atomic E-state index is 14.4. The van der Waals surface area contributed by atoms with E-state index in [-0.39, 0.29) is 47.6 Å². The standard InChI is InChI=1S/C27H35BrN2O6S/c1-4-13-29(17-9-11-18(35-3)12-10-17)25(33)23-27-16-19(28)22(37-27)20(26(34)36-5-2)21(27)24(32)30(23)14-7-6-8-15-31/h4,9-12,19-23,31H,1,5-8,13-16H2,2-3H3/t19?,20-,21+,22-,23?,27?/m1/s1. The molecule has 0 aromatic heterocycles. The molecule has 202 valence electrons. The van der Waals surface area contributed by atoms with E-state index in [1.807, 2.05) is 12.1 Å². The van der Waals surface area contributed by atoms with E-state index in [4.69, 9.17) is 9.47 Å². The SMILES string of the molecule is C=CCN(C(=O)C1N(CCCCCO)C(=O)[C@@H]2[C@@H](C(=O)OCC)[C@@H]3SC12CC3Br)c1ccc(OC)cc1. The lowest BCUT2D eigenvalue weighted by molar-refractivity contribution is -0.153. The van der Waals surface area contributed by atoms with Crippen LogP contribution in [0.4, 0.5) is 5.69 Å². The maximum atomic E-state index is 14.4. The Morgan fingerprint density at radius 3 is 2.65 bits per heavy atom. The van der Waals surface area contributed by atoms with Gasteiger partial charge in [-0.1, -0.05) is 22.0 Å². The third kappa shape index (κ3) is 4.92. The Morgan fingerprint density at radius 2 is 2.03 bits per heavy atom. The van der Waals surface area contributed by atoms with Crippen LogP contribution < -0.4 is 9.64 Å². The van der Waals surface area contributed by atoms with Gasteiger partial charge in [-0.25, -0.2) is 0 Å². The quantitative estimate of drug-likeness (QED) is 0.171. The van der Waals surface area contributed by atoms with Crippen molar-refractivity contribution in [3.63, 3.8) is 0 Å². The van der Waals surface area contributed by atoms with E-state index in [9.17, 15) is 19.5 Å². The van der Waals surface area contributed by atoms with Crippen LogP contribution in [0.15, 0.2) is 36.9 Å². The summed E-state index contributed by atoms with van der Waals surface area (Å²) in [7, 11) is 1.59. The number of thioether (sulfide) groups is 1. The number of carbonyl (C=O) groups excluding carboxylic acids is 3. The molecule has 3 saturated heterocycles. The fourth-order valence-corrected chi connectivity index (χ4v) is 9.68. The van der Waals surface area contributed by atoms with Crippen molar-refractivity contribution in [1.82, 2.24) is 4.90 Å². The van der Waals surface area contributed by atoms with Gasteiger partial charge >= 0.3 is 5.97 Å². The van der Waals surface area contributed by atoms with Gasteiger partial charge in [0.25, 0.3) is 5.91 Å². The molecule has 3 aliphatic heterocycles. The van der Waals surface area contributed by atoms with Gasteiger partial charge in [-0.2, -0.15) is 0 Å². The zero-order valence-corrected chi connectivity index (χ0v) is 23.7. The first-order valence-electron chi connectivity index (χ1n) is 12.8. The van der Waals surface area contributed by atoms with E-state index in [1.54, 1.807) is 53.8 Å². The van der Waals surface area contributed by atoms with Gasteiger partial charge in [0.1, 0.15) is 11.8 Å². The first-order chi connectivity index (χ1) is 17.8. The molecule has 1 N–H and O–H groups in total. The van der Waals surface area contributed by atoms with Gasteiger partial charge in [-0.3, -0.25) is 14.4 Å². The average molecular weight is 596 g/mol. The molecule has 0 saturated carbocycles. The third-order valence-corrected chi connectivity index (χ3v) is 10.8. The Bertz CT molecular complexity index is 1020. The Kier molecular flexibility index (Phi) is 8.91. The van der Waals surface area contributed by atoms with Crippen LogP contribution in [0.1, 0.15) is 32.6 Å². The number of aliphatic hydroxyl groups is 1. The van der Waals surface area contributed by atoms with Crippen LogP contribution in [0.3, 0.4) is 0 Å². The molecule has 10 heteroatoms. The number of halogens is 1. The van der Waals surface area contributed by atoms with Crippen molar-refractivity contribution in [3.8, 4) is 5.75 Å². The highest BCUT2D eigenvalue weighted by molar-refractivity contribution is 9.09. The molecule has 3 fully saturated rings. The number of alkyl halides is 1. The first-order valence-corrected chi connectivity index (χ1v) is 14.6. The van der Waals surface area contributed by atoms with Gasteiger partial charge in [0, 0.05) is 35.5 Å². The monoisotopic (exact) mass is 594 g/mol. The number of unbranched alkanes of at least 4 members (excludes halogenated alkanes) is 2. The second-order valence-electron chi connectivity index (χ2n) is 9.67. The highest BCUT2D eigenvalue weighted by atomic mass is 79.9. The van der Waals surface area contributed by atoms with Crippen LogP contribution in [-0.4, -0.2) is 82.1 Å². The highest BCUT2D eigenvalue weighted by Gasteiger charge is 2.76. The lowest BCUT2D eigenvalue weighted by atomic mass is 9.71. The number of anilines is 1. The number of carbonyl (C=O) groups is 3. The molecule has 2 amide bonds. The summed E-state index contributed by atoms with van der Waals surface area (Å²) in [6.45, 7) is 6.62. The molecule has 3 heterocycles. The smallest absolute Gasteiger partial charge is 0.310 e. The molecule has 3 unspecified atom stereocenters. The predicted octanol–water partition coefficient (Wildman–Crippen LogP) is 3.40. The number of amides is 2. The summed E-state index contributed by atoms with van der Waals surface area (Å²) >= 11 is 5.36. The predicted molar refractivity (Wildman–Crippen MR) is 147 cm³/mol. The first kappa shape index (κ1) is 28.0. The zero-order chi connectivity index (χ0) is 26.7. The molecule has 8 nitrogen and oxygen atoms in total. The number of esters is 1. The number of rotatable bonds is 12. The topological polar surface area (TPSA) is 96.4 Å². The van der Waals surface area contributed by atoms with Gasteiger partial charge < -0.3 is 24.4 Å². The molecule has 1 aromatic carbocycles. The fourth-order valence-electron chi connectivity index (χ4n) is 6.09. The molecule has 0 radical (unpaired) electrons. The Balaban J connectivity index is 1.74. The minimum Gasteiger partial charge on any atom is -0.497 e. The molecule has 3 aliphatic rings. The third-order valence-electron chi connectivity index (χ3n) is 7.60. The van der Waals surface area contributed by atoms with Crippen molar-refractivity contribution in [2.45, 2.75) is 53.5 Å². The molecule has 1 aromatic rings. The number of hydrogen-bond donors (Lipinski definition) is 1. The van der Waals surface area contributed by atoms with Crippen LogP contribution in [0.2, 0.25) is 0 Å². The van der Waals surface area contributed by atoms with Gasteiger partial charge in [0.05, 0.1) is 30.3 Å². The van der Waals surface area contributed by atoms with Crippen molar-refractivity contribution in [2.24, 2.45) is 11.8 Å². The number of likely N-dealkylation sites (tertiary alicyclic amines) is 1. The van der Waals surface area contributed by atoms with Crippen LogP contribution in [0.25, 0.3) is 0 Å². The molecule has 6 atom stereocenters. The molecular formula is C27H35BrN2O6S. The summed E-state index contributed by atoms with van der Waals surface area (Å²) in [4.78, 5) is 44.9. The van der Waals surface area contributed by atoms with Gasteiger partial charge in [-0.15, -0.1) is 18.3 Å². The van der Waals surface area contributed by atoms with E-state index in [0.717, 1.165) is 6.42 Å². The summed E-state index contributed by atoms with van der Waals surface area (Å²) in [5.41, 5.74) is 0.688. The molecular weight excluding hydrogens is 560 g/mol. The van der Waals surface area contributed by atoms with Crippen molar-refractivity contribution in [2.75, 3.05) is 38.3 Å². The van der Waals surface area contributed by atoms with Crippen molar-refractivity contribution >= 4 is 51.2 Å². The van der Waals surface area contributed by atoms with Gasteiger partial charge in [0.15, 0.2) is 0 Å². The number of ether oxygens (including phenoxy) is 2. The highest BCUT2D eigenvalue weighted by Crippen LogP contribution is 2.68. The summed E-state index contributed by atoms with van der Waals surface area (Å²) in [5.74, 6) is -1.22. The number of benzene rings is 1. The zero-order valence-electron chi connectivity index (χ0n) is 21.3. The number of fused-ring (bicyclic) bond motifs is 1. The second kappa shape index (κ2) is 11.8. The Hall–Kier alpha value is -2.04. The number of nitrogens with zero attached hydrogens (tertiary/aromatic N) is 2. The Morgan fingerprint density at radius 1 is 1.30 bits per heavy atom. The van der Waals surface area contributed by atoms with E-state index >= 15 is 0 Å². The largest absolute Gasteiger partial charge is 0.497 e. The van der Waals surface area contributed by atoms with Crippen molar-refractivity contribution < 1.29 is 29.0 Å². The van der Waals surface area contributed by atoms with Crippen molar-refractivity contribution in [1.29, 1.82) is 0 Å². The molecule has 1 spiro atoms. The van der Waals surface area contributed by atoms with E-state index < -0.39 is 22.6 Å². The van der Waals surface area contributed by atoms with Gasteiger partial charge in [0.2, 0.25) is 5.91 Å². The number of aliphatic hydroxyl groups excluding tert-OH is 1. The normalized spacial score (nSPS) is 29.8. The van der Waals surface area contributed by atoms with E-state index in [1.165, 1.54) is 0 Å². The summed E-state index contributed by atoms with van der Waals surface area (Å²) < 4.78 is 9.96. The summed E-state index contributed by atoms with van der Waals surface area (Å²) in [5, 5.41) is 9.09. The van der Waals surface area contributed by atoms with Crippen LogP contribution in [-0.2, 0) is 19.1 Å². The number of hydrogen-bond acceptors (Lipinski definition) is 7. The minimum atomic E-state index is -0.729. The van der Waals surface area contributed by atoms with Crippen LogP contribution in [0, 0.1) is 11.8 Å². The molecule has 0 aliphatic carbocycles. The molecule has 4 rings (SSSR count). The van der Waals surface area contributed by atoms with E-state index in [0.29, 0.717) is 37.2 Å². The number of methoxy groups -OCH3 is 1. The molecule has 2 bridgehead atoms. The lowest BCUT2D eigenvalue weighted by Gasteiger charge is -2.37. The fraction of sp³-hybridized carbons (Fsp3) is 0.593. The second-order valence-corrected chi connectivity index (χ2v) is 12.4. The average Bonchev–Trinajstić information content (AvgIpc) is 3.48. The maximum Gasteiger partial charge on any atom is 0.310 e. The van der Waals surface area contributed by atoms with Crippen LogP contribution >= 0.6 is 27.7 Å². The summed E-state index contributed by atoms with van der Waals surface area (Å²) in [6, 6.07) is 6.52. The minimum absolute atomic E-state index is 0.00515. The Labute approximate surface area is 230 Å². The molecule has 37 heavy (non-hydrogen) atoms. The van der Waals surface area contributed by atoms with E-state index in [2.05, 4.69) is 22.5 Å². The summed E-state index contributed by atoms with van der Waals surface area (Å²) in [6.07, 6.45) is 4.33. The van der Waals surface area contributed by atoms with Crippen molar-refractivity contribution in [3.05, 3.63) is 36.9 Å². The lowest BCUT2D eigenvalue weighted by Crippen LogP contribution is -2.55. The van der Waals surface area contributed by atoms with Crippen LogP contribution in [0.5, 0.6) is 5.75 Å².